The lowest BCUT2D eigenvalue weighted by atomic mass is 10.1. The summed E-state index contributed by atoms with van der Waals surface area (Å²) in [7, 11) is -1.54. The van der Waals surface area contributed by atoms with Gasteiger partial charge in [-0.15, -0.1) is 0 Å². The SMILES string of the molecule is COC(=O)C1=C(C(=O)OC)N(c2ccc(S(=O)(=O)Nc3cc(C)nc(C)n3)cc2)COC1. The molecule has 1 aliphatic heterocycles. The average molecular weight is 462 g/mol. The van der Waals surface area contributed by atoms with Crippen LogP contribution >= 0.6 is 0 Å². The molecule has 170 valence electrons. The van der Waals surface area contributed by atoms with Crippen LogP contribution in [0.4, 0.5) is 11.5 Å². The molecule has 0 atom stereocenters. The van der Waals surface area contributed by atoms with Crippen molar-refractivity contribution in [1.82, 2.24) is 9.97 Å². The second-order valence-corrected chi connectivity index (χ2v) is 8.44. The summed E-state index contributed by atoms with van der Waals surface area (Å²) in [6.45, 7) is 3.22. The molecule has 12 heteroatoms. The van der Waals surface area contributed by atoms with Crippen molar-refractivity contribution in [2.24, 2.45) is 0 Å². The largest absolute Gasteiger partial charge is 0.466 e. The number of nitrogens with zero attached hydrogens (tertiary/aromatic N) is 3. The quantitative estimate of drug-likeness (QED) is 0.625. The van der Waals surface area contributed by atoms with E-state index in [1.165, 1.54) is 49.5 Å². The maximum Gasteiger partial charge on any atom is 0.355 e. The van der Waals surface area contributed by atoms with Crippen molar-refractivity contribution in [3.63, 3.8) is 0 Å². The monoisotopic (exact) mass is 462 g/mol. The number of hydrogen-bond acceptors (Lipinski definition) is 10. The van der Waals surface area contributed by atoms with E-state index in [0.717, 1.165) is 0 Å². The molecule has 2 heterocycles. The van der Waals surface area contributed by atoms with Crippen LogP contribution in [0.5, 0.6) is 0 Å². The number of anilines is 2. The fourth-order valence-electron chi connectivity index (χ4n) is 3.12. The minimum Gasteiger partial charge on any atom is -0.466 e. The third kappa shape index (κ3) is 4.86. The number of aromatic nitrogens is 2. The molecule has 1 N–H and O–H groups in total. The van der Waals surface area contributed by atoms with Crippen molar-refractivity contribution < 1.29 is 32.2 Å². The van der Waals surface area contributed by atoms with Gasteiger partial charge in [0.15, 0.2) is 0 Å². The van der Waals surface area contributed by atoms with Gasteiger partial charge in [0, 0.05) is 17.4 Å². The number of esters is 2. The first kappa shape index (κ1) is 23.2. The predicted octanol–water partition coefficient (Wildman–Crippen LogP) is 1.29. The highest BCUT2D eigenvalue weighted by Gasteiger charge is 2.32. The number of nitrogens with one attached hydrogen (secondary N) is 1. The van der Waals surface area contributed by atoms with E-state index in [1.807, 2.05) is 0 Å². The molecule has 0 bridgehead atoms. The summed E-state index contributed by atoms with van der Waals surface area (Å²) >= 11 is 0. The van der Waals surface area contributed by atoms with Gasteiger partial charge in [0.1, 0.15) is 24.1 Å². The number of carbonyl (C=O) groups excluding carboxylic acids is 2. The Morgan fingerprint density at radius 1 is 1.06 bits per heavy atom. The number of rotatable bonds is 6. The summed E-state index contributed by atoms with van der Waals surface area (Å²) in [5.74, 6) is -0.885. The van der Waals surface area contributed by atoms with Crippen LogP contribution in [0.2, 0.25) is 0 Å². The van der Waals surface area contributed by atoms with Crippen molar-refractivity contribution >= 4 is 33.5 Å². The fraction of sp³-hybridized carbons (Fsp3) is 0.300. The smallest absolute Gasteiger partial charge is 0.355 e. The topological polar surface area (TPSA) is 137 Å². The highest BCUT2D eigenvalue weighted by molar-refractivity contribution is 7.92. The number of carbonyl (C=O) groups is 2. The van der Waals surface area contributed by atoms with Gasteiger partial charge in [-0.05, 0) is 38.1 Å². The number of benzene rings is 1. The van der Waals surface area contributed by atoms with Crippen molar-refractivity contribution in [1.29, 1.82) is 0 Å². The normalized spacial score (nSPS) is 14.2. The maximum atomic E-state index is 12.8. The summed E-state index contributed by atoms with van der Waals surface area (Å²) in [6.07, 6.45) is 0. The van der Waals surface area contributed by atoms with Gasteiger partial charge in [0.25, 0.3) is 10.0 Å². The first-order valence-corrected chi connectivity index (χ1v) is 10.8. The van der Waals surface area contributed by atoms with Crippen LogP contribution in [-0.2, 0) is 33.8 Å². The van der Waals surface area contributed by atoms with Gasteiger partial charge in [-0.3, -0.25) is 4.72 Å². The molecule has 1 aliphatic rings. The van der Waals surface area contributed by atoms with E-state index < -0.39 is 22.0 Å². The Labute approximate surface area is 185 Å². The predicted molar refractivity (Wildman–Crippen MR) is 113 cm³/mol. The van der Waals surface area contributed by atoms with Crippen LogP contribution in [0.15, 0.2) is 46.5 Å². The lowest BCUT2D eigenvalue weighted by Gasteiger charge is -2.31. The highest BCUT2D eigenvalue weighted by Crippen LogP contribution is 2.28. The Hall–Kier alpha value is -3.51. The Bertz CT molecular complexity index is 1160. The summed E-state index contributed by atoms with van der Waals surface area (Å²) in [5, 5.41) is 0. The molecule has 0 unspecified atom stereocenters. The molecule has 0 aliphatic carbocycles. The van der Waals surface area contributed by atoms with Crippen molar-refractivity contribution in [3.8, 4) is 0 Å². The molecule has 2 aromatic rings. The third-order valence-electron chi connectivity index (χ3n) is 4.50. The zero-order valence-electron chi connectivity index (χ0n) is 17.9. The Kier molecular flexibility index (Phi) is 6.75. The molecule has 0 fully saturated rings. The van der Waals surface area contributed by atoms with Crippen molar-refractivity contribution in [2.75, 3.05) is 37.2 Å². The molecule has 0 saturated carbocycles. The Morgan fingerprint density at radius 2 is 1.72 bits per heavy atom. The zero-order valence-corrected chi connectivity index (χ0v) is 18.7. The first-order valence-electron chi connectivity index (χ1n) is 9.36. The number of ether oxygens (including phenoxy) is 3. The second-order valence-electron chi connectivity index (χ2n) is 6.76. The van der Waals surface area contributed by atoms with Crippen LogP contribution in [0.25, 0.3) is 0 Å². The Morgan fingerprint density at radius 3 is 2.31 bits per heavy atom. The molecular weight excluding hydrogens is 440 g/mol. The van der Waals surface area contributed by atoms with Crippen LogP contribution in [0, 0.1) is 13.8 Å². The molecule has 0 saturated heterocycles. The minimum atomic E-state index is -3.92. The molecule has 1 aromatic carbocycles. The van der Waals surface area contributed by atoms with Gasteiger partial charge < -0.3 is 19.1 Å². The van der Waals surface area contributed by atoms with Gasteiger partial charge in [0.2, 0.25) is 0 Å². The van der Waals surface area contributed by atoms with E-state index in [9.17, 15) is 18.0 Å². The molecule has 0 radical (unpaired) electrons. The van der Waals surface area contributed by atoms with Crippen molar-refractivity contribution in [3.05, 3.63) is 53.1 Å². The van der Waals surface area contributed by atoms with E-state index in [1.54, 1.807) is 13.8 Å². The number of sulfonamides is 1. The van der Waals surface area contributed by atoms with Gasteiger partial charge in [-0.1, -0.05) is 0 Å². The highest BCUT2D eigenvalue weighted by atomic mass is 32.2. The average Bonchev–Trinajstić information content (AvgIpc) is 2.76. The van der Waals surface area contributed by atoms with Crippen LogP contribution in [0.1, 0.15) is 11.5 Å². The number of methoxy groups -OCH3 is 2. The Balaban J connectivity index is 1.92. The van der Waals surface area contributed by atoms with Gasteiger partial charge in [-0.25, -0.2) is 28.0 Å². The molecule has 1 aromatic heterocycles. The number of hydrogen-bond donors (Lipinski definition) is 1. The van der Waals surface area contributed by atoms with Crippen LogP contribution in [0.3, 0.4) is 0 Å². The molecule has 0 spiro atoms. The molecule has 11 nitrogen and oxygen atoms in total. The maximum absolute atomic E-state index is 12.8. The van der Waals surface area contributed by atoms with Gasteiger partial charge >= 0.3 is 11.9 Å². The van der Waals surface area contributed by atoms with E-state index in [-0.39, 0.29) is 35.3 Å². The van der Waals surface area contributed by atoms with E-state index in [2.05, 4.69) is 14.7 Å². The van der Waals surface area contributed by atoms with E-state index in [0.29, 0.717) is 17.2 Å². The summed E-state index contributed by atoms with van der Waals surface area (Å²) in [4.78, 5) is 34.0. The molecular formula is C20H22N4O7S. The van der Waals surface area contributed by atoms with Gasteiger partial charge in [-0.2, -0.15) is 0 Å². The minimum absolute atomic E-state index is 0.00142. The molecule has 3 rings (SSSR count). The standard InChI is InChI=1S/C20H22N4O7S/c1-12-9-17(22-13(2)21-12)23-32(27,28)15-7-5-14(6-8-15)24-11-31-10-16(19(25)29-3)18(24)20(26)30-4/h5-9H,10-11H2,1-4H3,(H,21,22,23). The summed E-state index contributed by atoms with van der Waals surface area (Å²) in [6, 6.07) is 7.21. The lowest BCUT2D eigenvalue weighted by molar-refractivity contribution is -0.140. The molecule has 0 amide bonds. The fourth-order valence-corrected chi connectivity index (χ4v) is 4.11. The summed E-state index contributed by atoms with van der Waals surface area (Å²) in [5.41, 5.74) is 1.00. The van der Waals surface area contributed by atoms with E-state index >= 15 is 0 Å². The van der Waals surface area contributed by atoms with Crippen LogP contribution < -0.4 is 9.62 Å². The zero-order chi connectivity index (χ0) is 23.5. The third-order valence-corrected chi connectivity index (χ3v) is 5.87. The van der Waals surface area contributed by atoms with Crippen molar-refractivity contribution in [2.45, 2.75) is 18.7 Å². The van der Waals surface area contributed by atoms with E-state index in [4.69, 9.17) is 14.2 Å². The van der Waals surface area contributed by atoms with Crippen LogP contribution in [-0.4, -0.2) is 57.9 Å². The number of aryl methyl sites for hydroxylation is 2. The lowest BCUT2D eigenvalue weighted by Crippen LogP contribution is -2.38. The summed E-state index contributed by atoms with van der Waals surface area (Å²) < 4.78 is 42.9. The van der Waals surface area contributed by atoms with Gasteiger partial charge in [0.05, 0.1) is 31.3 Å². The second kappa shape index (κ2) is 9.32. The molecule has 32 heavy (non-hydrogen) atoms. The first-order chi connectivity index (χ1) is 15.2.